The molecule has 0 unspecified atom stereocenters. The molecule has 0 aliphatic heterocycles. The zero-order valence-electron chi connectivity index (χ0n) is 19.3. The molecular formula is C27H26N4O3. The van der Waals surface area contributed by atoms with E-state index in [9.17, 15) is 9.59 Å². The van der Waals surface area contributed by atoms with Crippen LogP contribution in [0.3, 0.4) is 0 Å². The van der Waals surface area contributed by atoms with E-state index >= 15 is 0 Å². The summed E-state index contributed by atoms with van der Waals surface area (Å²) in [5.74, 6) is 0.172. The molecule has 0 aliphatic carbocycles. The number of aryl methyl sites for hydroxylation is 2. The summed E-state index contributed by atoms with van der Waals surface area (Å²) in [5.41, 5.74) is 5.50. The third-order valence-corrected chi connectivity index (χ3v) is 5.25. The van der Waals surface area contributed by atoms with Gasteiger partial charge in [0.2, 0.25) is 0 Å². The predicted molar refractivity (Wildman–Crippen MR) is 133 cm³/mol. The Kier molecular flexibility index (Phi) is 6.73. The van der Waals surface area contributed by atoms with Crippen LogP contribution in [0.5, 0.6) is 5.75 Å². The minimum Gasteiger partial charge on any atom is -0.497 e. The molecule has 7 nitrogen and oxygen atoms in total. The molecule has 4 aromatic rings. The van der Waals surface area contributed by atoms with E-state index in [-0.39, 0.29) is 11.8 Å². The van der Waals surface area contributed by atoms with E-state index in [1.54, 1.807) is 43.9 Å². The van der Waals surface area contributed by atoms with Crippen LogP contribution in [0.25, 0.3) is 0 Å². The van der Waals surface area contributed by atoms with Crippen molar-refractivity contribution in [2.24, 2.45) is 0 Å². The lowest BCUT2D eigenvalue weighted by Crippen LogP contribution is -2.12. The minimum atomic E-state index is -0.251. The van der Waals surface area contributed by atoms with E-state index in [1.807, 2.05) is 54.8 Å². The molecule has 2 N–H and O–H groups in total. The van der Waals surface area contributed by atoms with Gasteiger partial charge in [0.05, 0.1) is 13.4 Å². The fourth-order valence-electron chi connectivity index (χ4n) is 3.68. The highest BCUT2D eigenvalue weighted by Crippen LogP contribution is 2.17. The number of imidazole rings is 1. The van der Waals surface area contributed by atoms with Crippen molar-refractivity contribution in [3.63, 3.8) is 0 Å². The number of ether oxygens (including phenoxy) is 1. The quantitative estimate of drug-likeness (QED) is 0.409. The van der Waals surface area contributed by atoms with Crippen molar-refractivity contribution in [1.29, 1.82) is 0 Å². The van der Waals surface area contributed by atoms with Gasteiger partial charge in [-0.25, -0.2) is 4.98 Å². The highest BCUT2D eigenvalue weighted by Gasteiger charge is 2.11. The monoisotopic (exact) mass is 454 g/mol. The number of amides is 2. The van der Waals surface area contributed by atoms with E-state index in [4.69, 9.17) is 4.74 Å². The Morgan fingerprint density at radius 2 is 1.59 bits per heavy atom. The van der Waals surface area contributed by atoms with E-state index in [1.165, 1.54) is 0 Å². The standard InChI is InChI=1S/C27H26N4O3/c1-18-11-19(2)13-23(12-18)30-27(33)25-16-31(17-28-25)15-20-7-9-22(10-8-20)29-26(32)21-5-4-6-24(14-21)34-3/h4-14,16-17H,15H2,1-3H3,(H,29,32)(H,30,33). The molecule has 0 bridgehead atoms. The molecule has 0 atom stereocenters. The van der Waals surface area contributed by atoms with Gasteiger partial charge < -0.3 is 19.9 Å². The Hall–Kier alpha value is -4.39. The van der Waals surface area contributed by atoms with Crippen LogP contribution >= 0.6 is 0 Å². The molecule has 4 rings (SSSR count). The number of nitrogens with one attached hydrogen (secondary N) is 2. The Balaban J connectivity index is 1.36. The lowest BCUT2D eigenvalue weighted by molar-refractivity contribution is 0.101. The van der Waals surface area contributed by atoms with Crippen LogP contribution in [0.1, 0.15) is 37.5 Å². The maximum absolute atomic E-state index is 12.6. The summed E-state index contributed by atoms with van der Waals surface area (Å²) < 4.78 is 7.02. The fourth-order valence-corrected chi connectivity index (χ4v) is 3.68. The van der Waals surface area contributed by atoms with Crippen LogP contribution < -0.4 is 15.4 Å². The number of carbonyl (C=O) groups excluding carboxylic acids is 2. The van der Waals surface area contributed by atoms with Crippen LogP contribution in [-0.4, -0.2) is 28.5 Å². The van der Waals surface area contributed by atoms with Crippen LogP contribution in [0.4, 0.5) is 11.4 Å². The highest BCUT2D eigenvalue weighted by molar-refractivity contribution is 6.04. The summed E-state index contributed by atoms with van der Waals surface area (Å²) in [5, 5.41) is 5.78. The smallest absolute Gasteiger partial charge is 0.275 e. The molecule has 2 amide bonds. The summed E-state index contributed by atoms with van der Waals surface area (Å²) in [4.78, 5) is 29.3. The number of methoxy groups -OCH3 is 1. The maximum Gasteiger partial charge on any atom is 0.275 e. The number of rotatable bonds is 7. The van der Waals surface area contributed by atoms with Gasteiger partial charge in [0, 0.05) is 29.7 Å². The van der Waals surface area contributed by atoms with Crippen LogP contribution in [0, 0.1) is 13.8 Å². The number of benzene rings is 3. The van der Waals surface area contributed by atoms with E-state index < -0.39 is 0 Å². The lowest BCUT2D eigenvalue weighted by atomic mass is 10.1. The lowest BCUT2D eigenvalue weighted by Gasteiger charge is -2.08. The van der Waals surface area contributed by atoms with Crippen LogP contribution in [0.15, 0.2) is 79.3 Å². The third-order valence-electron chi connectivity index (χ3n) is 5.25. The molecule has 0 saturated carbocycles. The Bertz CT molecular complexity index is 1310. The third kappa shape index (κ3) is 5.69. The molecule has 34 heavy (non-hydrogen) atoms. The second-order valence-electron chi connectivity index (χ2n) is 8.14. The van der Waals surface area contributed by atoms with Gasteiger partial charge in [0.1, 0.15) is 11.4 Å². The van der Waals surface area contributed by atoms with Gasteiger partial charge in [0.15, 0.2) is 0 Å². The Labute approximate surface area is 198 Å². The van der Waals surface area contributed by atoms with Gasteiger partial charge in [-0.3, -0.25) is 9.59 Å². The first-order valence-electron chi connectivity index (χ1n) is 10.9. The molecule has 0 fully saturated rings. The van der Waals surface area contributed by atoms with Crippen molar-refractivity contribution >= 4 is 23.2 Å². The van der Waals surface area contributed by atoms with Crippen molar-refractivity contribution in [2.45, 2.75) is 20.4 Å². The van der Waals surface area contributed by atoms with E-state index in [0.717, 1.165) is 22.4 Å². The molecule has 1 heterocycles. The van der Waals surface area contributed by atoms with Crippen molar-refractivity contribution in [2.75, 3.05) is 17.7 Å². The van der Waals surface area contributed by atoms with Crippen molar-refractivity contribution < 1.29 is 14.3 Å². The second kappa shape index (κ2) is 10.0. The number of hydrogen-bond donors (Lipinski definition) is 2. The molecule has 1 aromatic heterocycles. The van der Waals surface area contributed by atoms with E-state index in [2.05, 4.69) is 21.7 Å². The van der Waals surface area contributed by atoms with Crippen LogP contribution in [0.2, 0.25) is 0 Å². The summed E-state index contributed by atoms with van der Waals surface area (Å²) in [6.45, 7) is 4.54. The Morgan fingerprint density at radius 1 is 0.882 bits per heavy atom. The molecule has 0 saturated heterocycles. The summed E-state index contributed by atoms with van der Waals surface area (Å²) in [7, 11) is 1.57. The fraction of sp³-hybridized carbons (Fsp3) is 0.148. The average molecular weight is 455 g/mol. The molecule has 7 heteroatoms. The van der Waals surface area contributed by atoms with Crippen molar-refractivity contribution in [3.8, 4) is 5.75 Å². The number of hydrogen-bond acceptors (Lipinski definition) is 4. The first kappa shape index (κ1) is 22.8. The predicted octanol–water partition coefficient (Wildman–Crippen LogP) is 5.06. The van der Waals surface area contributed by atoms with Gasteiger partial charge in [0.25, 0.3) is 11.8 Å². The summed E-state index contributed by atoms with van der Waals surface area (Å²) in [6, 6.07) is 20.4. The molecule has 0 aliphatic rings. The normalized spacial score (nSPS) is 10.6. The maximum atomic E-state index is 12.6. The first-order chi connectivity index (χ1) is 16.4. The van der Waals surface area contributed by atoms with Gasteiger partial charge in [-0.2, -0.15) is 0 Å². The van der Waals surface area contributed by atoms with Gasteiger partial charge in [-0.1, -0.05) is 24.3 Å². The zero-order chi connectivity index (χ0) is 24.1. The largest absolute Gasteiger partial charge is 0.497 e. The van der Waals surface area contributed by atoms with Gasteiger partial charge in [-0.05, 0) is 73.0 Å². The van der Waals surface area contributed by atoms with Crippen molar-refractivity contribution in [3.05, 3.63) is 107 Å². The molecule has 3 aromatic carbocycles. The first-order valence-corrected chi connectivity index (χ1v) is 10.9. The highest BCUT2D eigenvalue weighted by atomic mass is 16.5. The van der Waals surface area contributed by atoms with E-state index in [0.29, 0.717) is 29.2 Å². The topological polar surface area (TPSA) is 85.2 Å². The van der Waals surface area contributed by atoms with Crippen molar-refractivity contribution in [1.82, 2.24) is 9.55 Å². The number of aromatic nitrogens is 2. The van der Waals surface area contributed by atoms with Gasteiger partial charge in [-0.15, -0.1) is 0 Å². The summed E-state index contributed by atoms with van der Waals surface area (Å²) >= 11 is 0. The second-order valence-corrected chi connectivity index (χ2v) is 8.14. The Morgan fingerprint density at radius 3 is 2.29 bits per heavy atom. The zero-order valence-corrected chi connectivity index (χ0v) is 19.3. The number of anilines is 2. The molecule has 0 radical (unpaired) electrons. The molecule has 0 spiro atoms. The van der Waals surface area contributed by atoms with Crippen LogP contribution in [-0.2, 0) is 6.54 Å². The minimum absolute atomic E-state index is 0.208. The number of nitrogens with zero attached hydrogens (tertiary/aromatic N) is 2. The molecular weight excluding hydrogens is 428 g/mol. The van der Waals surface area contributed by atoms with Gasteiger partial charge >= 0.3 is 0 Å². The summed E-state index contributed by atoms with van der Waals surface area (Å²) in [6.07, 6.45) is 3.35. The SMILES string of the molecule is COc1cccc(C(=O)Nc2ccc(Cn3cnc(C(=O)Nc4cc(C)cc(C)c4)c3)cc2)c1. The number of carbonyl (C=O) groups is 2. The molecule has 172 valence electrons. The average Bonchev–Trinajstić information content (AvgIpc) is 3.28.